The van der Waals surface area contributed by atoms with Crippen LogP contribution < -0.4 is 0 Å². The van der Waals surface area contributed by atoms with E-state index in [1.807, 2.05) is 4.90 Å². The molecule has 2 atom stereocenters. The normalized spacial score (nSPS) is 39.0. The third-order valence-corrected chi connectivity index (χ3v) is 7.22. The molecule has 0 unspecified atom stereocenters. The third kappa shape index (κ3) is 1.71. The molecule has 3 aliphatic rings. The second-order valence-electron chi connectivity index (χ2n) is 7.87. The van der Waals surface area contributed by atoms with Crippen molar-refractivity contribution in [2.75, 3.05) is 32.7 Å². The van der Waals surface area contributed by atoms with Gasteiger partial charge in [0.25, 0.3) is 0 Å². The highest BCUT2D eigenvalue weighted by Crippen LogP contribution is 2.71. The van der Waals surface area contributed by atoms with Gasteiger partial charge < -0.3 is 9.80 Å². The van der Waals surface area contributed by atoms with E-state index < -0.39 is 5.41 Å². The van der Waals surface area contributed by atoms with Crippen LogP contribution in [-0.2, 0) is 9.59 Å². The number of fused-ring (bicyclic) bond motifs is 2. The van der Waals surface area contributed by atoms with Gasteiger partial charge in [-0.25, -0.2) is 0 Å². The zero-order chi connectivity index (χ0) is 15.5. The monoisotopic (exact) mass is 292 g/mol. The highest BCUT2D eigenvalue weighted by Gasteiger charge is 2.72. The Morgan fingerprint density at radius 2 is 1.71 bits per heavy atom. The average Bonchev–Trinajstić information content (AvgIpc) is 2.77. The van der Waals surface area contributed by atoms with Crippen LogP contribution in [-0.4, -0.2) is 54.2 Å². The van der Waals surface area contributed by atoms with Crippen LogP contribution in [0.3, 0.4) is 0 Å². The van der Waals surface area contributed by atoms with E-state index in [-0.39, 0.29) is 16.7 Å². The first-order chi connectivity index (χ1) is 9.78. The highest BCUT2D eigenvalue weighted by atomic mass is 16.2. The SMILES string of the molecule is CCN1CCN(C(=O)[C@@]23CC[C@@](C)(C(=O)C2)C3(C)C)CC1. The van der Waals surface area contributed by atoms with Gasteiger partial charge in [-0.1, -0.05) is 27.7 Å². The van der Waals surface area contributed by atoms with Gasteiger partial charge in [-0.15, -0.1) is 0 Å². The lowest BCUT2D eigenvalue weighted by Crippen LogP contribution is -2.55. The van der Waals surface area contributed by atoms with Crippen LogP contribution in [0.15, 0.2) is 0 Å². The quantitative estimate of drug-likeness (QED) is 0.781. The highest BCUT2D eigenvalue weighted by molar-refractivity contribution is 5.99. The first kappa shape index (κ1) is 15.0. The van der Waals surface area contributed by atoms with Gasteiger partial charge in [0.2, 0.25) is 5.91 Å². The van der Waals surface area contributed by atoms with Crippen molar-refractivity contribution in [1.29, 1.82) is 0 Å². The van der Waals surface area contributed by atoms with Gasteiger partial charge in [-0.3, -0.25) is 9.59 Å². The zero-order valence-corrected chi connectivity index (χ0v) is 13.9. The van der Waals surface area contributed by atoms with Crippen LogP contribution >= 0.6 is 0 Å². The minimum absolute atomic E-state index is 0.212. The number of carbonyl (C=O) groups excluding carboxylic acids is 2. The summed E-state index contributed by atoms with van der Waals surface area (Å²) in [6.07, 6.45) is 2.22. The Kier molecular flexibility index (Phi) is 3.25. The minimum Gasteiger partial charge on any atom is -0.340 e. The van der Waals surface area contributed by atoms with Crippen molar-refractivity contribution in [3.63, 3.8) is 0 Å². The van der Waals surface area contributed by atoms with Crippen LogP contribution in [0.1, 0.15) is 47.0 Å². The number of hydrogen-bond donors (Lipinski definition) is 0. The van der Waals surface area contributed by atoms with Gasteiger partial charge in [0, 0.05) is 38.0 Å². The fourth-order valence-corrected chi connectivity index (χ4v) is 4.90. The third-order valence-electron chi connectivity index (χ3n) is 7.22. The molecule has 2 aliphatic carbocycles. The molecule has 1 amide bonds. The van der Waals surface area contributed by atoms with E-state index in [2.05, 4.69) is 32.6 Å². The van der Waals surface area contributed by atoms with Crippen LogP contribution in [0.2, 0.25) is 0 Å². The Balaban J connectivity index is 1.84. The molecule has 21 heavy (non-hydrogen) atoms. The van der Waals surface area contributed by atoms with Gasteiger partial charge >= 0.3 is 0 Å². The van der Waals surface area contributed by atoms with Gasteiger partial charge in [0.1, 0.15) is 5.78 Å². The Morgan fingerprint density at radius 1 is 1.10 bits per heavy atom. The van der Waals surface area contributed by atoms with Gasteiger partial charge in [-0.2, -0.15) is 0 Å². The predicted octanol–water partition coefficient (Wildman–Crippen LogP) is 1.94. The number of piperazine rings is 1. The summed E-state index contributed by atoms with van der Waals surface area (Å²) in [5, 5.41) is 0. The molecule has 0 aromatic carbocycles. The summed E-state index contributed by atoms with van der Waals surface area (Å²) >= 11 is 0. The molecule has 2 bridgehead atoms. The lowest BCUT2D eigenvalue weighted by atomic mass is 9.64. The summed E-state index contributed by atoms with van der Waals surface area (Å²) in [6.45, 7) is 13.1. The van der Waals surface area contributed by atoms with Crippen LogP contribution in [0.25, 0.3) is 0 Å². The number of carbonyl (C=O) groups is 2. The lowest BCUT2D eigenvalue weighted by molar-refractivity contribution is -0.149. The molecular weight excluding hydrogens is 264 g/mol. The number of nitrogens with zero attached hydrogens (tertiary/aromatic N) is 2. The molecule has 118 valence electrons. The van der Waals surface area contributed by atoms with E-state index in [1.54, 1.807) is 0 Å². The van der Waals surface area contributed by atoms with Crippen molar-refractivity contribution in [1.82, 2.24) is 9.80 Å². The summed E-state index contributed by atoms with van der Waals surface area (Å²) in [5.41, 5.74) is -0.947. The maximum atomic E-state index is 13.2. The largest absolute Gasteiger partial charge is 0.340 e. The fraction of sp³-hybridized carbons (Fsp3) is 0.882. The van der Waals surface area contributed by atoms with Crippen LogP contribution in [0.5, 0.6) is 0 Å². The molecule has 1 heterocycles. The van der Waals surface area contributed by atoms with Crippen molar-refractivity contribution in [3.05, 3.63) is 0 Å². The molecule has 0 spiro atoms. The van der Waals surface area contributed by atoms with E-state index in [1.165, 1.54) is 0 Å². The van der Waals surface area contributed by atoms with Crippen molar-refractivity contribution in [2.45, 2.75) is 47.0 Å². The van der Waals surface area contributed by atoms with E-state index in [4.69, 9.17) is 0 Å². The molecule has 0 radical (unpaired) electrons. The Bertz CT molecular complexity index is 479. The Hall–Kier alpha value is -0.900. The molecule has 0 aromatic rings. The molecule has 3 rings (SSSR count). The Morgan fingerprint density at radius 3 is 2.14 bits per heavy atom. The molecular formula is C17H28N2O2. The summed E-state index contributed by atoms with van der Waals surface area (Å²) in [7, 11) is 0. The van der Waals surface area contributed by atoms with E-state index >= 15 is 0 Å². The molecule has 2 saturated carbocycles. The molecule has 4 heteroatoms. The van der Waals surface area contributed by atoms with Crippen molar-refractivity contribution in [2.24, 2.45) is 16.2 Å². The topological polar surface area (TPSA) is 40.6 Å². The molecule has 1 saturated heterocycles. The average molecular weight is 292 g/mol. The maximum absolute atomic E-state index is 13.2. The number of ketones is 1. The number of likely N-dealkylation sites (N-methyl/N-ethyl adjacent to an activating group) is 1. The number of hydrogen-bond acceptors (Lipinski definition) is 3. The van der Waals surface area contributed by atoms with E-state index in [9.17, 15) is 9.59 Å². The number of Topliss-reactive ketones (excluding diaryl/α,β-unsaturated/α-hetero) is 1. The van der Waals surface area contributed by atoms with E-state index in [0.717, 1.165) is 45.6 Å². The summed E-state index contributed by atoms with van der Waals surface area (Å²) in [6, 6.07) is 0. The number of amides is 1. The smallest absolute Gasteiger partial charge is 0.229 e. The number of rotatable bonds is 2. The van der Waals surface area contributed by atoms with E-state index in [0.29, 0.717) is 12.2 Å². The minimum atomic E-state index is -0.437. The maximum Gasteiger partial charge on any atom is 0.229 e. The second kappa shape index (κ2) is 4.55. The van der Waals surface area contributed by atoms with Crippen molar-refractivity contribution < 1.29 is 9.59 Å². The van der Waals surface area contributed by atoms with Crippen molar-refractivity contribution in [3.8, 4) is 0 Å². The first-order valence-corrected chi connectivity index (χ1v) is 8.33. The van der Waals surface area contributed by atoms with Crippen LogP contribution in [0, 0.1) is 16.2 Å². The molecule has 3 fully saturated rings. The first-order valence-electron chi connectivity index (χ1n) is 8.33. The summed E-state index contributed by atoms with van der Waals surface area (Å²) in [5.74, 6) is 0.553. The summed E-state index contributed by atoms with van der Waals surface area (Å²) < 4.78 is 0. The predicted molar refractivity (Wildman–Crippen MR) is 81.9 cm³/mol. The van der Waals surface area contributed by atoms with Gasteiger partial charge in [0.05, 0.1) is 5.41 Å². The Labute approximate surface area is 127 Å². The second-order valence-corrected chi connectivity index (χ2v) is 7.87. The lowest BCUT2D eigenvalue weighted by Gasteiger charge is -2.44. The molecule has 4 nitrogen and oxygen atoms in total. The van der Waals surface area contributed by atoms with Crippen molar-refractivity contribution >= 4 is 11.7 Å². The van der Waals surface area contributed by atoms with Gasteiger partial charge in [-0.05, 0) is 24.8 Å². The standard InChI is InChI=1S/C17H28N2O2/c1-5-18-8-10-19(11-9-18)14(21)17-7-6-16(4,13(20)12-17)15(17,2)3/h5-12H2,1-4H3/t16-,17+/m0/s1. The molecule has 0 aromatic heterocycles. The fourth-order valence-electron chi connectivity index (χ4n) is 4.90. The summed E-state index contributed by atoms with van der Waals surface area (Å²) in [4.78, 5) is 30.1. The molecule has 0 N–H and O–H groups in total. The zero-order valence-electron chi connectivity index (χ0n) is 13.9. The molecule has 1 aliphatic heterocycles. The van der Waals surface area contributed by atoms with Crippen LogP contribution in [0.4, 0.5) is 0 Å². The van der Waals surface area contributed by atoms with Gasteiger partial charge in [0.15, 0.2) is 0 Å².